The van der Waals surface area contributed by atoms with E-state index in [0.717, 1.165) is 44.5 Å². The van der Waals surface area contributed by atoms with Crippen LogP contribution in [0.2, 0.25) is 0 Å². The van der Waals surface area contributed by atoms with E-state index in [1.165, 1.54) is 0 Å². The molecule has 0 saturated carbocycles. The van der Waals surface area contributed by atoms with Crippen molar-refractivity contribution in [2.24, 2.45) is 0 Å². The first-order valence-corrected chi connectivity index (χ1v) is 15.4. The zero-order chi connectivity index (χ0) is 30.1. The number of carbonyl (C=O) groups is 1. The number of hydrogen-bond donors (Lipinski definition) is 6. The highest BCUT2D eigenvalue weighted by Gasteiger charge is 2.47. The number of hydrogen-bond acceptors (Lipinski definition) is 12. The molecule has 0 spiro atoms. The third-order valence-electron chi connectivity index (χ3n) is 8.67. The van der Waals surface area contributed by atoms with Crippen molar-refractivity contribution in [1.82, 2.24) is 40.6 Å². The van der Waals surface area contributed by atoms with Gasteiger partial charge in [0, 0.05) is 43.8 Å². The predicted molar refractivity (Wildman–Crippen MR) is 158 cm³/mol. The topological polar surface area (TPSA) is 188 Å². The normalized spacial score (nSPS) is 27.4. The minimum Gasteiger partial charge on any atom is -0.387 e. The third-order valence-corrected chi connectivity index (χ3v) is 8.67. The van der Waals surface area contributed by atoms with Crippen molar-refractivity contribution in [3.05, 3.63) is 23.8 Å². The van der Waals surface area contributed by atoms with Gasteiger partial charge in [-0.15, -0.1) is 0 Å². The van der Waals surface area contributed by atoms with Crippen LogP contribution in [0.3, 0.4) is 0 Å². The van der Waals surface area contributed by atoms with Crippen LogP contribution in [0.4, 0.5) is 16.6 Å². The fourth-order valence-electron chi connectivity index (χ4n) is 6.02. The number of aliphatic hydroxyl groups is 2. The van der Waals surface area contributed by atoms with Gasteiger partial charge in [-0.05, 0) is 38.6 Å². The number of aliphatic hydroxyl groups excluding tert-OH is 2. The molecule has 0 bridgehead atoms. The number of aryl methyl sites for hydroxylation is 1. The van der Waals surface area contributed by atoms with Gasteiger partial charge in [-0.3, -0.25) is 4.57 Å². The Morgan fingerprint density at radius 2 is 1.95 bits per heavy atom. The number of fused-ring (bicyclic) bond motifs is 1. The molecule has 234 valence electrons. The first-order chi connectivity index (χ1) is 20.9. The van der Waals surface area contributed by atoms with Crippen molar-refractivity contribution < 1.29 is 24.3 Å². The van der Waals surface area contributed by atoms with E-state index in [1.54, 1.807) is 17.0 Å². The Hall–Kier alpha value is -3.53. The van der Waals surface area contributed by atoms with Crippen LogP contribution >= 0.6 is 0 Å². The average Bonchev–Trinajstić information content (AvgIpc) is 3.84. The van der Waals surface area contributed by atoms with Crippen LogP contribution < -0.4 is 26.2 Å². The molecule has 3 aliphatic heterocycles. The van der Waals surface area contributed by atoms with Gasteiger partial charge in [0.25, 0.3) is 0 Å². The van der Waals surface area contributed by atoms with E-state index in [-0.39, 0.29) is 24.2 Å². The van der Waals surface area contributed by atoms with Crippen LogP contribution in [-0.2, 0) is 11.2 Å². The van der Waals surface area contributed by atoms with Gasteiger partial charge in [0.1, 0.15) is 18.3 Å². The van der Waals surface area contributed by atoms with Crippen molar-refractivity contribution in [3.63, 3.8) is 0 Å². The molecule has 0 unspecified atom stereocenters. The van der Waals surface area contributed by atoms with Crippen molar-refractivity contribution >= 4 is 29.0 Å². The van der Waals surface area contributed by atoms with E-state index in [9.17, 15) is 15.0 Å². The average molecular weight is 599 g/mol. The van der Waals surface area contributed by atoms with E-state index in [2.05, 4.69) is 45.3 Å². The highest BCUT2D eigenvalue weighted by Crippen LogP contribution is 2.40. The van der Waals surface area contributed by atoms with Crippen molar-refractivity contribution in [2.45, 2.75) is 95.5 Å². The molecule has 3 fully saturated rings. The molecule has 3 aromatic rings. The summed E-state index contributed by atoms with van der Waals surface area (Å²) in [7, 11) is 0. The number of imidazole rings is 1. The molecule has 0 radical (unpaired) electrons. The van der Waals surface area contributed by atoms with Gasteiger partial charge in [0.05, 0.1) is 12.0 Å². The zero-order valence-corrected chi connectivity index (χ0v) is 24.9. The van der Waals surface area contributed by atoms with Gasteiger partial charge in [0.2, 0.25) is 5.95 Å². The molecule has 0 aromatic carbocycles. The Balaban J connectivity index is 1.26. The standard InChI is InChI=1S/C28H42N10O5/c1-4-15(5-2)31-24-20-25(35-27(34-24)37-10-8-18(13-37)33-28(41)32-17-7-9-29-12-17)38(14-30-20)26-22(40)21(39)23(42-26)19-11-16(6-3)36-43-19/h11,14-15,17-18,21-23,26,29,39-40H,4-10,12-13H2,1-3H3,(H,31,34,35)(H2,32,33,41)/t17-,18-,21+,22-,23-,26-/m1/s1. The van der Waals surface area contributed by atoms with Gasteiger partial charge in [-0.1, -0.05) is 25.9 Å². The lowest BCUT2D eigenvalue weighted by Gasteiger charge is -2.22. The van der Waals surface area contributed by atoms with Crippen molar-refractivity contribution in [3.8, 4) is 0 Å². The molecule has 15 heteroatoms. The number of nitrogens with zero attached hydrogens (tertiary/aromatic N) is 6. The summed E-state index contributed by atoms with van der Waals surface area (Å²) < 4.78 is 13.2. The molecule has 3 saturated heterocycles. The van der Waals surface area contributed by atoms with Gasteiger partial charge in [-0.25, -0.2) is 9.78 Å². The summed E-state index contributed by atoms with van der Waals surface area (Å²) in [4.78, 5) is 29.0. The fourth-order valence-corrected chi connectivity index (χ4v) is 6.02. The molecule has 15 nitrogen and oxygen atoms in total. The molecule has 6 heterocycles. The van der Waals surface area contributed by atoms with Gasteiger partial charge < -0.3 is 45.6 Å². The minimum absolute atomic E-state index is 0.0557. The molecule has 3 aromatic heterocycles. The lowest BCUT2D eigenvalue weighted by atomic mass is 10.1. The Kier molecular flexibility index (Phi) is 8.66. The maximum Gasteiger partial charge on any atom is 0.315 e. The summed E-state index contributed by atoms with van der Waals surface area (Å²) in [6.45, 7) is 9.08. The second kappa shape index (κ2) is 12.6. The van der Waals surface area contributed by atoms with Gasteiger partial charge in [0.15, 0.2) is 29.0 Å². The summed E-state index contributed by atoms with van der Waals surface area (Å²) in [6, 6.07) is 1.84. The van der Waals surface area contributed by atoms with Crippen LogP contribution in [-0.4, -0.2) is 97.4 Å². The number of anilines is 2. The number of amides is 2. The molecule has 0 aliphatic carbocycles. The first-order valence-electron chi connectivity index (χ1n) is 15.4. The number of ether oxygens (including phenoxy) is 1. The van der Waals surface area contributed by atoms with E-state index in [0.29, 0.717) is 48.2 Å². The molecular formula is C28H42N10O5. The van der Waals surface area contributed by atoms with E-state index in [1.807, 2.05) is 11.8 Å². The predicted octanol–water partition coefficient (Wildman–Crippen LogP) is 1.21. The number of nitrogens with one attached hydrogen (secondary N) is 4. The first kappa shape index (κ1) is 29.5. The van der Waals surface area contributed by atoms with Gasteiger partial charge >= 0.3 is 6.03 Å². The molecule has 3 aliphatic rings. The Morgan fingerprint density at radius 1 is 1.14 bits per heavy atom. The fraction of sp³-hybridized carbons (Fsp3) is 0.679. The molecule has 2 amide bonds. The quantitative estimate of drug-likeness (QED) is 0.196. The van der Waals surface area contributed by atoms with Crippen LogP contribution in [0.5, 0.6) is 0 Å². The third kappa shape index (κ3) is 5.98. The summed E-state index contributed by atoms with van der Waals surface area (Å²) >= 11 is 0. The second-order valence-corrected chi connectivity index (χ2v) is 11.6. The van der Waals surface area contributed by atoms with Crippen molar-refractivity contribution in [1.29, 1.82) is 0 Å². The van der Waals surface area contributed by atoms with Crippen LogP contribution in [0.1, 0.15) is 70.2 Å². The monoisotopic (exact) mass is 598 g/mol. The smallest absolute Gasteiger partial charge is 0.315 e. The number of aromatic nitrogens is 5. The SMILES string of the molecule is CCc1cc([C@H]2O[C@@H](n3cnc4c(NC(CC)CC)nc(N5CC[C@@H](NC(=O)N[C@@H]6CCNC6)C5)nc43)[C@H](O)[C@@H]2O)on1. The maximum absolute atomic E-state index is 12.6. The molecule has 43 heavy (non-hydrogen) atoms. The summed E-state index contributed by atoms with van der Waals surface area (Å²) in [5, 5.41) is 38.9. The summed E-state index contributed by atoms with van der Waals surface area (Å²) in [5.74, 6) is 1.42. The Labute approximate surface area is 249 Å². The van der Waals surface area contributed by atoms with Crippen LogP contribution in [0.25, 0.3) is 11.2 Å². The van der Waals surface area contributed by atoms with Gasteiger partial charge in [-0.2, -0.15) is 9.97 Å². The maximum atomic E-state index is 12.6. The lowest BCUT2D eigenvalue weighted by molar-refractivity contribution is -0.0434. The van der Waals surface area contributed by atoms with E-state index >= 15 is 0 Å². The summed E-state index contributed by atoms with van der Waals surface area (Å²) in [5.41, 5.74) is 1.73. The highest BCUT2D eigenvalue weighted by molar-refractivity contribution is 5.84. The number of rotatable bonds is 10. The van der Waals surface area contributed by atoms with E-state index in [4.69, 9.17) is 19.2 Å². The minimum atomic E-state index is -1.26. The molecule has 6 rings (SSSR count). The number of carbonyl (C=O) groups excluding carboxylic acids is 1. The molecule has 6 N–H and O–H groups in total. The highest BCUT2D eigenvalue weighted by atomic mass is 16.6. The molecular weight excluding hydrogens is 556 g/mol. The molecule has 6 atom stereocenters. The Morgan fingerprint density at radius 3 is 2.67 bits per heavy atom. The van der Waals surface area contributed by atoms with Crippen LogP contribution in [0, 0.1) is 0 Å². The Bertz CT molecular complexity index is 1400. The largest absolute Gasteiger partial charge is 0.387 e. The van der Waals surface area contributed by atoms with Crippen molar-refractivity contribution in [2.75, 3.05) is 36.4 Å². The second-order valence-electron chi connectivity index (χ2n) is 11.6. The van der Waals surface area contributed by atoms with Crippen LogP contribution in [0.15, 0.2) is 16.9 Å². The lowest BCUT2D eigenvalue weighted by Crippen LogP contribution is -2.47. The summed E-state index contributed by atoms with van der Waals surface area (Å²) in [6.07, 6.45) is 1.33. The van der Waals surface area contributed by atoms with E-state index < -0.39 is 24.5 Å². The number of urea groups is 1. The zero-order valence-electron chi connectivity index (χ0n) is 24.9.